The summed E-state index contributed by atoms with van der Waals surface area (Å²) < 4.78 is 0. The van der Waals surface area contributed by atoms with E-state index in [1.807, 2.05) is 24.3 Å². The molecule has 5 nitrogen and oxygen atoms in total. The van der Waals surface area contributed by atoms with Crippen molar-refractivity contribution in [3.63, 3.8) is 0 Å². The van der Waals surface area contributed by atoms with E-state index in [4.69, 9.17) is 5.73 Å². The Labute approximate surface area is 122 Å². The predicted molar refractivity (Wildman–Crippen MR) is 78.9 cm³/mol. The molecule has 1 amide bonds. The summed E-state index contributed by atoms with van der Waals surface area (Å²) in [5.74, 6) is -0.485. The van der Waals surface area contributed by atoms with Crippen molar-refractivity contribution in [2.45, 2.75) is 18.6 Å². The van der Waals surface area contributed by atoms with E-state index in [2.05, 4.69) is 5.32 Å². The molecule has 3 rings (SSSR count). The summed E-state index contributed by atoms with van der Waals surface area (Å²) in [6.45, 7) is 0. The Bertz CT molecular complexity index is 700. The molecular weight excluding hydrogens is 268 g/mol. The minimum Gasteiger partial charge on any atom is -0.506 e. The van der Waals surface area contributed by atoms with Crippen LogP contribution < -0.4 is 11.1 Å². The molecule has 0 fully saturated rings. The number of phenolic OH excluding ortho intramolecular Hbond substituents is 1. The Balaban J connectivity index is 1.83. The van der Waals surface area contributed by atoms with Crippen LogP contribution in [-0.2, 0) is 6.42 Å². The number of nitrogen functional groups attached to an aromatic ring is 1. The lowest BCUT2D eigenvalue weighted by atomic mass is 10.1. The highest BCUT2D eigenvalue weighted by atomic mass is 16.3. The van der Waals surface area contributed by atoms with Gasteiger partial charge in [0, 0.05) is 12.0 Å². The van der Waals surface area contributed by atoms with Gasteiger partial charge in [0.05, 0.1) is 17.8 Å². The van der Waals surface area contributed by atoms with E-state index < -0.39 is 12.1 Å². The molecule has 0 heterocycles. The lowest BCUT2D eigenvalue weighted by Gasteiger charge is -2.18. The molecule has 0 radical (unpaired) electrons. The first-order valence-corrected chi connectivity index (χ1v) is 6.71. The Morgan fingerprint density at radius 3 is 2.76 bits per heavy atom. The van der Waals surface area contributed by atoms with Gasteiger partial charge in [0.25, 0.3) is 5.91 Å². The van der Waals surface area contributed by atoms with Gasteiger partial charge in [0.1, 0.15) is 5.75 Å². The maximum absolute atomic E-state index is 12.2. The van der Waals surface area contributed by atoms with Crippen molar-refractivity contribution in [3.8, 4) is 5.75 Å². The molecule has 5 N–H and O–H groups in total. The van der Waals surface area contributed by atoms with Gasteiger partial charge < -0.3 is 21.3 Å². The maximum Gasteiger partial charge on any atom is 0.251 e. The fourth-order valence-electron chi connectivity index (χ4n) is 2.66. The third kappa shape index (κ3) is 2.43. The number of hydrogen-bond donors (Lipinski definition) is 4. The molecule has 0 saturated carbocycles. The topological polar surface area (TPSA) is 95.6 Å². The smallest absolute Gasteiger partial charge is 0.251 e. The first-order chi connectivity index (χ1) is 10.1. The van der Waals surface area contributed by atoms with Crippen molar-refractivity contribution in [1.29, 1.82) is 0 Å². The van der Waals surface area contributed by atoms with Gasteiger partial charge >= 0.3 is 0 Å². The average molecular weight is 284 g/mol. The normalized spacial score (nSPS) is 20.0. The monoisotopic (exact) mass is 284 g/mol. The Kier molecular flexibility index (Phi) is 3.27. The number of rotatable bonds is 2. The third-order valence-corrected chi connectivity index (χ3v) is 3.78. The maximum atomic E-state index is 12.2. The summed E-state index contributed by atoms with van der Waals surface area (Å²) in [4.78, 5) is 12.2. The number of nitrogens with two attached hydrogens (primary N) is 1. The molecule has 108 valence electrons. The minimum atomic E-state index is -0.645. The molecule has 0 spiro atoms. The first kappa shape index (κ1) is 13.5. The fraction of sp³-hybridized carbons (Fsp3) is 0.188. The highest BCUT2D eigenvalue weighted by molar-refractivity contribution is 5.95. The van der Waals surface area contributed by atoms with Gasteiger partial charge in [-0.3, -0.25) is 4.79 Å². The van der Waals surface area contributed by atoms with Crippen LogP contribution in [0.1, 0.15) is 27.5 Å². The molecular formula is C16H16N2O3. The molecule has 0 unspecified atom stereocenters. The molecule has 0 bridgehead atoms. The number of phenols is 1. The number of benzene rings is 2. The molecule has 0 aliphatic heterocycles. The second kappa shape index (κ2) is 5.10. The van der Waals surface area contributed by atoms with Crippen molar-refractivity contribution >= 4 is 11.6 Å². The zero-order valence-electron chi connectivity index (χ0n) is 11.3. The Morgan fingerprint density at radius 2 is 2.00 bits per heavy atom. The van der Waals surface area contributed by atoms with Gasteiger partial charge in [-0.1, -0.05) is 24.3 Å². The SMILES string of the molecule is Nc1ccc(C(=O)N[C@@H]2c3ccccc3C[C@@H]2O)cc1O. The third-order valence-electron chi connectivity index (χ3n) is 3.78. The molecule has 0 aromatic heterocycles. The number of fused-ring (bicyclic) bond motifs is 1. The Hall–Kier alpha value is -2.53. The van der Waals surface area contributed by atoms with Crippen LogP contribution >= 0.6 is 0 Å². The number of carbonyl (C=O) groups excluding carboxylic acids is 1. The van der Waals surface area contributed by atoms with Crippen LogP contribution in [0.3, 0.4) is 0 Å². The van der Waals surface area contributed by atoms with E-state index in [-0.39, 0.29) is 17.3 Å². The lowest BCUT2D eigenvalue weighted by molar-refractivity contribution is 0.0858. The van der Waals surface area contributed by atoms with Crippen LogP contribution in [-0.4, -0.2) is 22.2 Å². The highest BCUT2D eigenvalue weighted by Gasteiger charge is 2.32. The quantitative estimate of drug-likeness (QED) is 0.494. The van der Waals surface area contributed by atoms with Crippen LogP contribution in [0.4, 0.5) is 5.69 Å². The molecule has 0 saturated heterocycles. The van der Waals surface area contributed by atoms with E-state index in [1.54, 1.807) is 0 Å². The minimum absolute atomic E-state index is 0.130. The number of carbonyl (C=O) groups is 1. The molecule has 2 aromatic rings. The summed E-state index contributed by atoms with van der Waals surface area (Å²) in [5, 5.41) is 22.5. The molecule has 1 aliphatic rings. The van der Waals surface area contributed by atoms with Crippen molar-refractivity contribution in [1.82, 2.24) is 5.32 Å². The summed E-state index contributed by atoms with van der Waals surface area (Å²) in [7, 11) is 0. The summed E-state index contributed by atoms with van der Waals surface area (Å²) >= 11 is 0. The van der Waals surface area contributed by atoms with Gasteiger partial charge in [-0.2, -0.15) is 0 Å². The number of aliphatic hydroxyl groups excluding tert-OH is 1. The highest BCUT2D eigenvalue weighted by Crippen LogP contribution is 2.31. The zero-order valence-corrected chi connectivity index (χ0v) is 11.3. The van der Waals surface area contributed by atoms with Crippen molar-refractivity contribution < 1.29 is 15.0 Å². The summed E-state index contributed by atoms with van der Waals surface area (Å²) in [6, 6.07) is 11.5. The largest absolute Gasteiger partial charge is 0.506 e. The van der Waals surface area contributed by atoms with E-state index in [9.17, 15) is 15.0 Å². The van der Waals surface area contributed by atoms with Crippen molar-refractivity contribution in [2.24, 2.45) is 0 Å². The van der Waals surface area contributed by atoms with Gasteiger partial charge in [0.2, 0.25) is 0 Å². The van der Waals surface area contributed by atoms with Crippen LogP contribution in [0.2, 0.25) is 0 Å². The first-order valence-electron chi connectivity index (χ1n) is 6.71. The number of aromatic hydroxyl groups is 1. The lowest BCUT2D eigenvalue weighted by Crippen LogP contribution is -2.33. The number of aliphatic hydroxyl groups is 1. The molecule has 1 aliphatic carbocycles. The van der Waals surface area contributed by atoms with Crippen molar-refractivity contribution in [2.75, 3.05) is 5.73 Å². The van der Waals surface area contributed by atoms with E-state index in [0.29, 0.717) is 12.0 Å². The molecule has 5 heteroatoms. The van der Waals surface area contributed by atoms with E-state index >= 15 is 0 Å². The molecule has 2 aromatic carbocycles. The van der Waals surface area contributed by atoms with Gasteiger partial charge in [0.15, 0.2) is 0 Å². The number of amides is 1. The number of anilines is 1. The predicted octanol–water partition coefficient (Wildman–Crippen LogP) is 1.36. The second-order valence-electron chi connectivity index (χ2n) is 5.20. The van der Waals surface area contributed by atoms with Crippen LogP contribution in [0.15, 0.2) is 42.5 Å². The number of hydrogen-bond acceptors (Lipinski definition) is 4. The van der Waals surface area contributed by atoms with Gasteiger partial charge in [-0.15, -0.1) is 0 Å². The molecule has 2 atom stereocenters. The average Bonchev–Trinajstić information content (AvgIpc) is 2.78. The Morgan fingerprint density at radius 1 is 1.24 bits per heavy atom. The van der Waals surface area contributed by atoms with Crippen LogP contribution in [0.5, 0.6) is 5.75 Å². The summed E-state index contributed by atoms with van der Waals surface area (Å²) in [5.41, 5.74) is 8.01. The second-order valence-corrected chi connectivity index (χ2v) is 5.20. The summed E-state index contributed by atoms with van der Waals surface area (Å²) in [6.07, 6.45) is -0.123. The van der Waals surface area contributed by atoms with Crippen LogP contribution in [0.25, 0.3) is 0 Å². The van der Waals surface area contributed by atoms with Crippen LogP contribution in [0, 0.1) is 0 Å². The molecule has 21 heavy (non-hydrogen) atoms. The van der Waals surface area contributed by atoms with E-state index in [1.165, 1.54) is 18.2 Å². The standard InChI is InChI=1S/C16H16N2O3/c17-12-6-5-10(8-13(12)19)16(21)18-15-11-4-2-1-3-9(11)7-14(15)20/h1-6,8,14-15,19-20H,7,17H2,(H,18,21)/t14-,15+/m0/s1. The number of nitrogens with one attached hydrogen (secondary N) is 1. The van der Waals surface area contributed by atoms with Crippen molar-refractivity contribution in [3.05, 3.63) is 59.2 Å². The zero-order chi connectivity index (χ0) is 15.0. The fourth-order valence-corrected chi connectivity index (χ4v) is 2.66. The van der Waals surface area contributed by atoms with Gasteiger partial charge in [-0.05, 0) is 29.3 Å². The van der Waals surface area contributed by atoms with Gasteiger partial charge in [-0.25, -0.2) is 0 Å². The van der Waals surface area contributed by atoms with E-state index in [0.717, 1.165) is 11.1 Å².